The molecule has 0 radical (unpaired) electrons. The summed E-state index contributed by atoms with van der Waals surface area (Å²) in [6.07, 6.45) is 5.45. The van der Waals surface area contributed by atoms with Crippen molar-refractivity contribution in [3.63, 3.8) is 0 Å². The second-order valence-corrected chi connectivity index (χ2v) is 9.86. The summed E-state index contributed by atoms with van der Waals surface area (Å²) in [6.45, 7) is 1.76. The van der Waals surface area contributed by atoms with Crippen LogP contribution in [0.4, 0.5) is 10.7 Å². The molecule has 0 fully saturated rings. The molecule has 1 aromatic carbocycles. The lowest BCUT2D eigenvalue weighted by Gasteiger charge is -2.13. The van der Waals surface area contributed by atoms with Crippen LogP contribution >= 0.6 is 23.1 Å². The molecule has 1 aromatic heterocycles. The molecule has 0 aliphatic heterocycles. The summed E-state index contributed by atoms with van der Waals surface area (Å²) in [7, 11) is 1.34. The highest BCUT2D eigenvalue weighted by Gasteiger charge is 2.28. The average molecular weight is 489 g/mol. The SMILES string of the molecule is COC(=O)c1c(NC(=O)C(C)Sc2cccc(NC(=O)/C=C/C(=O)O)c2)sc2c1CCCC2. The van der Waals surface area contributed by atoms with E-state index in [9.17, 15) is 19.2 Å². The predicted molar refractivity (Wildman–Crippen MR) is 128 cm³/mol. The number of thioether (sulfide) groups is 1. The van der Waals surface area contributed by atoms with Crippen LogP contribution in [0.25, 0.3) is 0 Å². The van der Waals surface area contributed by atoms with Gasteiger partial charge in [0, 0.05) is 27.6 Å². The fourth-order valence-electron chi connectivity index (χ4n) is 3.42. The van der Waals surface area contributed by atoms with E-state index in [2.05, 4.69) is 10.6 Å². The van der Waals surface area contributed by atoms with Gasteiger partial charge in [0.05, 0.1) is 17.9 Å². The van der Waals surface area contributed by atoms with Gasteiger partial charge in [-0.25, -0.2) is 9.59 Å². The number of carboxylic acids is 1. The lowest BCUT2D eigenvalue weighted by atomic mass is 9.95. The zero-order valence-electron chi connectivity index (χ0n) is 18.2. The van der Waals surface area contributed by atoms with Gasteiger partial charge in [-0.2, -0.15) is 0 Å². The number of methoxy groups -OCH3 is 1. The van der Waals surface area contributed by atoms with Crippen LogP contribution in [0.3, 0.4) is 0 Å². The van der Waals surface area contributed by atoms with E-state index in [1.807, 2.05) is 0 Å². The summed E-state index contributed by atoms with van der Waals surface area (Å²) in [5.41, 5.74) is 1.92. The molecule has 1 aliphatic carbocycles. The monoisotopic (exact) mass is 488 g/mol. The van der Waals surface area contributed by atoms with Crippen LogP contribution in [0.1, 0.15) is 40.6 Å². The molecule has 2 aromatic rings. The normalized spacial score (nSPS) is 13.8. The van der Waals surface area contributed by atoms with Crippen LogP contribution < -0.4 is 10.6 Å². The van der Waals surface area contributed by atoms with Gasteiger partial charge in [-0.3, -0.25) is 9.59 Å². The summed E-state index contributed by atoms with van der Waals surface area (Å²) in [5, 5.41) is 14.1. The molecule has 1 unspecified atom stereocenters. The van der Waals surface area contributed by atoms with E-state index < -0.39 is 23.1 Å². The third kappa shape index (κ3) is 6.45. The zero-order chi connectivity index (χ0) is 24.0. The number of esters is 1. The number of fused-ring (bicyclic) bond motifs is 1. The van der Waals surface area contributed by atoms with Crippen molar-refractivity contribution in [2.45, 2.75) is 42.8 Å². The number of carbonyl (C=O) groups is 4. The van der Waals surface area contributed by atoms with Gasteiger partial charge >= 0.3 is 11.9 Å². The van der Waals surface area contributed by atoms with Crippen molar-refractivity contribution in [1.82, 2.24) is 0 Å². The van der Waals surface area contributed by atoms with Gasteiger partial charge in [-0.1, -0.05) is 6.07 Å². The van der Waals surface area contributed by atoms with Crippen molar-refractivity contribution in [2.24, 2.45) is 0 Å². The summed E-state index contributed by atoms with van der Waals surface area (Å²) in [5.74, 6) is -2.47. The highest BCUT2D eigenvalue weighted by molar-refractivity contribution is 8.00. The number of carboxylic acid groups (broad SMARTS) is 1. The molecule has 8 nitrogen and oxygen atoms in total. The second-order valence-electron chi connectivity index (χ2n) is 7.34. The third-order valence-electron chi connectivity index (χ3n) is 4.96. The van der Waals surface area contributed by atoms with Crippen LogP contribution in [0, 0.1) is 0 Å². The Labute approximate surface area is 199 Å². The van der Waals surface area contributed by atoms with Gasteiger partial charge < -0.3 is 20.5 Å². The summed E-state index contributed by atoms with van der Waals surface area (Å²) in [4.78, 5) is 49.5. The Bertz CT molecular complexity index is 1110. The zero-order valence-corrected chi connectivity index (χ0v) is 19.8. The molecule has 0 bridgehead atoms. The van der Waals surface area contributed by atoms with Gasteiger partial charge in [0.1, 0.15) is 5.00 Å². The van der Waals surface area contributed by atoms with E-state index in [1.165, 1.54) is 30.2 Å². The number of benzene rings is 1. The van der Waals surface area contributed by atoms with Crippen LogP contribution in [0.15, 0.2) is 41.3 Å². The van der Waals surface area contributed by atoms with Crippen molar-refractivity contribution < 1.29 is 29.0 Å². The molecule has 174 valence electrons. The fourth-order valence-corrected chi connectivity index (χ4v) is 5.63. The topological polar surface area (TPSA) is 122 Å². The molecule has 1 aliphatic rings. The fraction of sp³-hybridized carbons (Fsp3) is 0.304. The number of hydrogen-bond donors (Lipinski definition) is 3. The van der Waals surface area contributed by atoms with E-state index in [1.54, 1.807) is 31.2 Å². The smallest absolute Gasteiger partial charge is 0.341 e. The number of aryl methyl sites for hydroxylation is 1. The number of anilines is 2. The van der Waals surface area contributed by atoms with E-state index in [-0.39, 0.29) is 5.91 Å². The summed E-state index contributed by atoms with van der Waals surface area (Å²) < 4.78 is 4.95. The van der Waals surface area contributed by atoms with Crippen LogP contribution in [-0.4, -0.2) is 41.2 Å². The maximum atomic E-state index is 12.9. The molecule has 0 saturated carbocycles. The quantitative estimate of drug-likeness (QED) is 0.290. The molecule has 3 N–H and O–H groups in total. The minimum Gasteiger partial charge on any atom is -0.478 e. The van der Waals surface area contributed by atoms with Gasteiger partial charge in [-0.05, 0) is 56.4 Å². The van der Waals surface area contributed by atoms with Crippen molar-refractivity contribution >= 4 is 57.5 Å². The van der Waals surface area contributed by atoms with Crippen molar-refractivity contribution in [1.29, 1.82) is 0 Å². The molecule has 0 spiro atoms. The summed E-state index contributed by atoms with van der Waals surface area (Å²) in [6, 6.07) is 6.90. The van der Waals surface area contributed by atoms with E-state index in [4.69, 9.17) is 9.84 Å². The lowest BCUT2D eigenvalue weighted by molar-refractivity contribution is -0.131. The molecule has 10 heteroatoms. The Balaban J connectivity index is 1.68. The molecule has 1 atom stereocenters. The highest BCUT2D eigenvalue weighted by Crippen LogP contribution is 2.39. The van der Waals surface area contributed by atoms with E-state index in [0.717, 1.165) is 53.2 Å². The first-order valence-corrected chi connectivity index (χ1v) is 12.0. The average Bonchev–Trinajstić information content (AvgIpc) is 3.15. The molecular weight excluding hydrogens is 464 g/mol. The number of rotatable bonds is 8. The first-order valence-electron chi connectivity index (χ1n) is 10.3. The molecule has 1 heterocycles. The number of hydrogen-bond acceptors (Lipinski definition) is 7. The molecule has 0 saturated heterocycles. The number of aliphatic carboxylic acids is 1. The Morgan fingerprint density at radius 1 is 1.15 bits per heavy atom. The maximum Gasteiger partial charge on any atom is 0.341 e. The number of thiophene rings is 1. The third-order valence-corrected chi connectivity index (χ3v) is 7.26. The van der Waals surface area contributed by atoms with Crippen molar-refractivity contribution in [3.8, 4) is 0 Å². The largest absolute Gasteiger partial charge is 0.478 e. The molecule has 33 heavy (non-hydrogen) atoms. The minimum atomic E-state index is -1.21. The molecule has 2 amide bonds. The van der Waals surface area contributed by atoms with Gasteiger partial charge in [0.15, 0.2) is 0 Å². The number of carbonyl (C=O) groups excluding carboxylic acids is 3. The van der Waals surface area contributed by atoms with E-state index in [0.29, 0.717) is 16.3 Å². The molecular formula is C23H24N2O6S2. The van der Waals surface area contributed by atoms with Crippen LogP contribution in [0.2, 0.25) is 0 Å². The van der Waals surface area contributed by atoms with Crippen molar-refractivity contribution in [3.05, 3.63) is 52.4 Å². The van der Waals surface area contributed by atoms with Crippen LogP contribution in [0.5, 0.6) is 0 Å². The van der Waals surface area contributed by atoms with Gasteiger partial charge in [0.25, 0.3) is 0 Å². The Kier molecular flexibility index (Phi) is 8.29. The number of nitrogens with one attached hydrogen (secondary N) is 2. The Morgan fingerprint density at radius 3 is 2.64 bits per heavy atom. The van der Waals surface area contributed by atoms with Crippen molar-refractivity contribution in [2.75, 3.05) is 17.7 Å². The maximum absolute atomic E-state index is 12.9. The summed E-state index contributed by atoms with van der Waals surface area (Å²) >= 11 is 2.73. The van der Waals surface area contributed by atoms with Crippen LogP contribution in [-0.2, 0) is 32.0 Å². The van der Waals surface area contributed by atoms with Gasteiger partial charge in [0.2, 0.25) is 11.8 Å². The number of ether oxygens (including phenoxy) is 1. The predicted octanol–water partition coefficient (Wildman–Crippen LogP) is 4.11. The number of amides is 2. The lowest BCUT2D eigenvalue weighted by Crippen LogP contribution is -2.23. The Hall–Kier alpha value is -3.11. The van der Waals surface area contributed by atoms with Gasteiger partial charge in [-0.15, -0.1) is 23.1 Å². The Morgan fingerprint density at radius 2 is 1.91 bits per heavy atom. The standard InChI is InChI=1S/C23H24N2O6S2/c1-13(32-15-7-5-6-14(12-15)24-18(26)10-11-19(27)28)21(29)25-22-20(23(30)31-2)16-8-3-4-9-17(16)33-22/h5-7,10-13H,3-4,8-9H2,1-2H3,(H,24,26)(H,25,29)(H,27,28)/b11-10+. The molecule has 3 rings (SSSR count). The first-order chi connectivity index (χ1) is 15.8. The first kappa shape index (κ1) is 24.5. The highest BCUT2D eigenvalue weighted by atomic mass is 32.2. The second kappa shape index (κ2) is 11.2. The van der Waals surface area contributed by atoms with E-state index >= 15 is 0 Å². The minimum absolute atomic E-state index is 0.248.